The fourth-order valence-electron chi connectivity index (χ4n) is 3.64. The van der Waals surface area contributed by atoms with Gasteiger partial charge in [0.25, 0.3) is 5.89 Å². The first-order chi connectivity index (χ1) is 14.2. The fraction of sp³-hybridized carbons (Fsp3) is 0.227. The Labute approximate surface area is 166 Å². The average Bonchev–Trinajstić information content (AvgIpc) is 3.19. The monoisotopic (exact) mass is 389 g/mol. The number of aromatic nitrogens is 2. The number of nitrogens with zero attached hydrogens (tertiary/aromatic N) is 3. The molecule has 1 aliphatic heterocycles. The van der Waals surface area contributed by atoms with Crippen LogP contribution in [0.1, 0.15) is 17.1 Å². The molecule has 0 spiro atoms. The van der Waals surface area contributed by atoms with Crippen LogP contribution in [0, 0.1) is 0 Å². The van der Waals surface area contributed by atoms with Gasteiger partial charge in [0.05, 0.1) is 6.54 Å². The molecule has 146 valence electrons. The van der Waals surface area contributed by atoms with E-state index in [4.69, 9.17) is 9.15 Å². The van der Waals surface area contributed by atoms with E-state index < -0.39 is 12.2 Å². The zero-order chi connectivity index (χ0) is 19.8. The van der Waals surface area contributed by atoms with Gasteiger partial charge >= 0.3 is 5.91 Å². The van der Waals surface area contributed by atoms with Crippen molar-refractivity contribution in [1.29, 1.82) is 0 Å². The number of pyridine rings is 1. The van der Waals surface area contributed by atoms with Crippen LogP contribution in [0.4, 0.5) is 0 Å². The molecule has 3 heterocycles. The molecular weight excluding hydrogens is 370 g/mol. The second-order valence-corrected chi connectivity index (χ2v) is 7.13. The van der Waals surface area contributed by atoms with Crippen molar-refractivity contribution in [1.82, 2.24) is 14.9 Å². The zero-order valence-corrected chi connectivity index (χ0v) is 15.6. The van der Waals surface area contributed by atoms with Gasteiger partial charge in [-0.3, -0.25) is 9.78 Å². The number of aliphatic hydroxyl groups is 1. The molecule has 0 unspecified atom stereocenters. The summed E-state index contributed by atoms with van der Waals surface area (Å²) in [7, 11) is 0. The Morgan fingerprint density at radius 3 is 2.93 bits per heavy atom. The van der Waals surface area contributed by atoms with E-state index in [1.54, 1.807) is 29.4 Å². The summed E-state index contributed by atoms with van der Waals surface area (Å²) >= 11 is 0. The number of carbonyl (C=O) groups is 1. The van der Waals surface area contributed by atoms with Crippen molar-refractivity contribution in [2.75, 3.05) is 13.1 Å². The largest absolute Gasteiger partial charge is 0.488 e. The third kappa shape index (κ3) is 3.40. The molecule has 4 aromatic rings. The summed E-state index contributed by atoms with van der Waals surface area (Å²) in [6.45, 7) is 0.617. The Morgan fingerprint density at radius 1 is 1.17 bits per heavy atom. The molecule has 7 heteroatoms. The third-order valence-corrected chi connectivity index (χ3v) is 5.18. The standard InChI is InChI=1S/C22H19N3O4/c26-18-13-25(22(27)21-24-17-3-1-2-4-19(17)29-21)10-8-20(18)28-16-6-5-14-7-9-23-12-15(14)11-16/h1-7,9,11-12,18,20,26H,8,10,13H2/t18-,20-/m1/s1. The molecule has 1 saturated heterocycles. The van der Waals surface area contributed by atoms with Crippen molar-refractivity contribution in [3.05, 3.63) is 66.8 Å². The van der Waals surface area contributed by atoms with Crippen molar-refractivity contribution in [2.24, 2.45) is 0 Å². The highest BCUT2D eigenvalue weighted by molar-refractivity contribution is 5.92. The number of hydrogen-bond donors (Lipinski definition) is 1. The number of benzene rings is 2. The average molecular weight is 389 g/mol. The zero-order valence-electron chi connectivity index (χ0n) is 15.6. The number of oxazole rings is 1. The Kier molecular flexibility index (Phi) is 4.37. The Hall–Kier alpha value is -3.45. The van der Waals surface area contributed by atoms with Gasteiger partial charge in [0.1, 0.15) is 23.5 Å². The molecule has 1 amide bonds. The Bertz CT molecular complexity index is 1160. The van der Waals surface area contributed by atoms with Crippen LogP contribution in [0.15, 0.2) is 65.3 Å². The second kappa shape index (κ2) is 7.18. The van der Waals surface area contributed by atoms with Crippen LogP contribution in [0.5, 0.6) is 5.75 Å². The van der Waals surface area contributed by atoms with Crippen molar-refractivity contribution in [3.8, 4) is 5.75 Å². The molecule has 0 radical (unpaired) electrons. The minimum Gasteiger partial charge on any atom is -0.488 e. The van der Waals surface area contributed by atoms with Gasteiger partial charge in [0.2, 0.25) is 0 Å². The molecule has 1 fully saturated rings. The molecule has 0 aliphatic carbocycles. The number of hydrogen-bond acceptors (Lipinski definition) is 6. The quantitative estimate of drug-likeness (QED) is 0.579. The van der Waals surface area contributed by atoms with E-state index in [1.807, 2.05) is 36.4 Å². The number of piperidine rings is 1. The highest BCUT2D eigenvalue weighted by atomic mass is 16.5. The van der Waals surface area contributed by atoms with Gasteiger partial charge in [0, 0.05) is 30.7 Å². The number of likely N-dealkylation sites (tertiary alicyclic amines) is 1. The van der Waals surface area contributed by atoms with Gasteiger partial charge in [-0.25, -0.2) is 4.98 Å². The summed E-state index contributed by atoms with van der Waals surface area (Å²) in [4.78, 5) is 22.7. The maximum absolute atomic E-state index is 12.7. The first-order valence-corrected chi connectivity index (χ1v) is 9.51. The number of fused-ring (bicyclic) bond motifs is 2. The molecule has 2 atom stereocenters. The minimum absolute atomic E-state index is 0.0415. The lowest BCUT2D eigenvalue weighted by Crippen LogP contribution is -2.51. The summed E-state index contributed by atoms with van der Waals surface area (Å²) in [6, 6.07) is 14.9. The normalized spacial score (nSPS) is 19.6. The van der Waals surface area contributed by atoms with E-state index in [2.05, 4.69) is 9.97 Å². The summed E-state index contributed by atoms with van der Waals surface area (Å²) in [5.74, 6) is 0.392. The predicted molar refractivity (Wildman–Crippen MR) is 107 cm³/mol. The van der Waals surface area contributed by atoms with Crippen molar-refractivity contribution < 1.29 is 19.1 Å². The molecule has 0 bridgehead atoms. The van der Waals surface area contributed by atoms with E-state index >= 15 is 0 Å². The smallest absolute Gasteiger partial charge is 0.309 e. The van der Waals surface area contributed by atoms with E-state index in [-0.39, 0.29) is 18.3 Å². The van der Waals surface area contributed by atoms with Crippen LogP contribution in [0.2, 0.25) is 0 Å². The molecule has 7 nitrogen and oxygen atoms in total. The summed E-state index contributed by atoms with van der Waals surface area (Å²) in [5, 5.41) is 12.6. The van der Waals surface area contributed by atoms with Gasteiger partial charge in [-0.2, -0.15) is 0 Å². The van der Waals surface area contributed by atoms with Crippen LogP contribution < -0.4 is 4.74 Å². The third-order valence-electron chi connectivity index (χ3n) is 5.18. The molecule has 0 saturated carbocycles. The van der Waals surface area contributed by atoms with Crippen LogP contribution in [0.25, 0.3) is 21.9 Å². The van der Waals surface area contributed by atoms with Crippen LogP contribution in [0.3, 0.4) is 0 Å². The summed E-state index contributed by atoms with van der Waals surface area (Å²) < 4.78 is 11.6. The molecule has 1 aliphatic rings. The number of para-hydroxylation sites is 2. The topological polar surface area (TPSA) is 88.7 Å². The number of carbonyl (C=O) groups excluding carboxylic acids is 1. The maximum atomic E-state index is 12.7. The van der Waals surface area contributed by atoms with E-state index in [1.165, 1.54) is 0 Å². The lowest BCUT2D eigenvalue weighted by Gasteiger charge is -2.35. The number of ether oxygens (including phenoxy) is 1. The predicted octanol–water partition coefficient (Wildman–Crippen LogP) is 3.03. The number of aliphatic hydroxyl groups excluding tert-OH is 1. The van der Waals surface area contributed by atoms with Crippen LogP contribution in [-0.4, -0.2) is 51.2 Å². The number of amides is 1. The van der Waals surface area contributed by atoms with E-state index in [9.17, 15) is 9.90 Å². The first-order valence-electron chi connectivity index (χ1n) is 9.51. The van der Waals surface area contributed by atoms with Gasteiger partial charge in [-0.1, -0.05) is 18.2 Å². The fourth-order valence-corrected chi connectivity index (χ4v) is 3.64. The maximum Gasteiger partial charge on any atom is 0.309 e. The summed E-state index contributed by atoms with van der Waals surface area (Å²) in [6.07, 6.45) is 2.84. The van der Waals surface area contributed by atoms with Gasteiger partial charge < -0.3 is 19.2 Å². The SMILES string of the molecule is O=C(c1nc2ccccc2o1)N1CC[C@@H](Oc2ccc3ccncc3c2)[C@H](O)C1. The van der Waals surface area contributed by atoms with Gasteiger partial charge in [-0.15, -0.1) is 0 Å². The molecule has 2 aromatic heterocycles. The van der Waals surface area contributed by atoms with Gasteiger partial charge in [-0.05, 0) is 35.7 Å². The minimum atomic E-state index is -0.804. The Balaban J connectivity index is 1.27. The van der Waals surface area contributed by atoms with Crippen molar-refractivity contribution in [2.45, 2.75) is 18.6 Å². The lowest BCUT2D eigenvalue weighted by atomic mass is 10.0. The van der Waals surface area contributed by atoms with Crippen LogP contribution >= 0.6 is 0 Å². The van der Waals surface area contributed by atoms with Gasteiger partial charge in [0.15, 0.2) is 5.58 Å². The molecule has 2 aromatic carbocycles. The highest BCUT2D eigenvalue weighted by Crippen LogP contribution is 2.25. The highest BCUT2D eigenvalue weighted by Gasteiger charge is 2.33. The van der Waals surface area contributed by atoms with Crippen molar-refractivity contribution >= 4 is 27.8 Å². The first kappa shape index (κ1) is 17.6. The summed E-state index contributed by atoms with van der Waals surface area (Å²) in [5.41, 5.74) is 1.21. The molecule has 5 rings (SSSR count). The van der Waals surface area contributed by atoms with E-state index in [0.29, 0.717) is 29.8 Å². The molecular formula is C22H19N3O4. The van der Waals surface area contributed by atoms with Crippen LogP contribution in [-0.2, 0) is 0 Å². The molecule has 1 N–H and O–H groups in total. The van der Waals surface area contributed by atoms with E-state index in [0.717, 1.165) is 10.8 Å². The number of rotatable bonds is 3. The Morgan fingerprint density at radius 2 is 2.07 bits per heavy atom. The second-order valence-electron chi connectivity index (χ2n) is 7.13. The molecule has 29 heavy (non-hydrogen) atoms. The number of β-amino-alcohol motifs (C(OH)–C–C–N with tert-alkyl or cyclic N) is 1. The lowest BCUT2D eigenvalue weighted by molar-refractivity contribution is -0.0207. The van der Waals surface area contributed by atoms with Crippen molar-refractivity contribution in [3.63, 3.8) is 0 Å².